The molecule has 18 rings (SSSR count). The van der Waals surface area contributed by atoms with Crippen molar-refractivity contribution in [1.82, 2.24) is 0 Å². The van der Waals surface area contributed by atoms with Crippen LogP contribution in [0.3, 0.4) is 0 Å². The molecule has 0 N–H and O–H groups in total. The number of fused-ring (bicyclic) bond motifs is 24. The van der Waals surface area contributed by atoms with E-state index in [0.717, 1.165) is 44.8 Å². The molecule has 0 bridgehead atoms. The highest BCUT2D eigenvalue weighted by molar-refractivity contribution is 6.13. The first-order valence-corrected chi connectivity index (χ1v) is 29.1. The second kappa shape index (κ2) is 16.1. The van der Waals surface area contributed by atoms with E-state index in [1.165, 1.54) is 164 Å². The molecule has 0 radical (unpaired) electrons. The summed E-state index contributed by atoms with van der Waals surface area (Å²) in [7, 11) is 0. The van der Waals surface area contributed by atoms with Gasteiger partial charge in [0, 0.05) is 22.2 Å². The lowest BCUT2D eigenvalue weighted by molar-refractivity contribution is 0.433. The highest BCUT2D eigenvalue weighted by Gasteiger charge is 2.58. The molecule has 1 unspecified atom stereocenters. The largest absolute Gasteiger partial charge is 0.457 e. The molecule has 2 heterocycles. The number of hydrogen-bond acceptors (Lipinski definition) is 3. The van der Waals surface area contributed by atoms with Gasteiger partial charge in [0.05, 0.1) is 27.9 Å². The van der Waals surface area contributed by atoms with E-state index in [1.54, 1.807) is 0 Å². The zero-order valence-corrected chi connectivity index (χ0v) is 43.7. The minimum absolute atomic E-state index is 0.102. The van der Waals surface area contributed by atoms with Gasteiger partial charge in [0.1, 0.15) is 22.7 Å². The zero-order valence-electron chi connectivity index (χ0n) is 43.7. The summed E-state index contributed by atoms with van der Waals surface area (Å²) in [6, 6.07) is 79.3. The van der Waals surface area contributed by atoms with E-state index < -0.39 is 10.8 Å². The van der Waals surface area contributed by atoms with Crippen LogP contribution in [0.25, 0.3) is 55.3 Å². The number of rotatable bonds is 5. The van der Waals surface area contributed by atoms with E-state index in [4.69, 9.17) is 9.15 Å². The van der Waals surface area contributed by atoms with Gasteiger partial charge in [-0.2, -0.15) is 0 Å². The van der Waals surface area contributed by atoms with Crippen LogP contribution in [-0.4, -0.2) is 0 Å². The Morgan fingerprint density at radius 2 is 0.910 bits per heavy atom. The van der Waals surface area contributed by atoms with Crippen LogP contribution in [0.5, 0.6) is 11.5 Å². The summed E-state index contributed by atoms with van der Waals surface area (Å²) in [6.07, 6.45) is 12.9. The lowest BCUT2D eigenvalue weighted by Crippen LogP contribution is -2.33. The Morgan fingerprint density at radius 3 is 1.55 bits per heavy atom. The van der Waals surface area contributed by atoms with Crippen LogP contribution in [0.1, 0.15) is 149 Å². The summed E-state index contributed by atoms with van der Waals surface area (Å²) in [6.45, 7) is 0. The standard InChI is InChI=1S/C75H57NO2/c1-3-18-45(19-4-1)47-34-37-53-54-38-35-48(46-20-5-2-6-21-46)43-63(54)75(62(53)42-47)61-29-14-16-32-67(61)78-69-41-40-57-71(72(69)75)73(57)76(65-30-17-33-68-70(65)56-25-10-15-31-66(56)77-68)49-36-39-55-52-24-9-13-28-60(52)74(64(55)44-49)58-26-11-7-22-50(58)51-23-8-12-27-59(51)74/h7-17,22-46,73H,1-6,18-21H2. The van der Waals surface area contributed by atoms with Gasteiger partial charge >= 0.3 is 0 Å². The van der Waals surface area contributed by atoms with Crippen LogP contribution < -0.4 is 9.64 Å². The van der Waals surface area contributed by atoms with Gasteiger partial charge in [0.25, 0.3) is 0 Å². The predicted octanol–water partition coefficient (Wildman–Crippen LogP) is 19.7. The monoisotopic (exact) mass is 1000 g/mol. The minimum Gasteiger partial charge on any atom is -0.457 e. The first-order valence-electron chi connectivity index (χ1n) is 29.1. The van der Waals surface area contributed by atoms with E-state index in [-0.39, 0.29) is 6.04 Å². The summed E-state index contributed by atoms with van der Waals surface area (Å²) in [5.41, 5.74) is 27.5. The number of benzene rings is 10. The average Bonchev–Trinajstić information content (AvgIpc) is 3.21. The van der Waals surface area contributed by atoms with E-state index in [9.17, 15) is 0 Å². The topological polar surface area (TPSA) is 25.6 Å². The van der Waals surface area contributed by atoms with E-state index in [1.807, 2.05) is 0 Å². The Balaban J connectivity index is 0.914. The van der Waals surface area contributed by atoms with Crippen LogP contribution in [0.2, 0.25) is 0 Å². The molecule has 7 aliphatic rings. The van der Waals surface area contributed by atoms with Gasteiger partial charge in [-0.15, -0.1) is 0 Å². The third-order valence-corrected chi connectivity index (χ3v) is 20.1. The van der Waals surface area contributed by atoms with Crippen molar-refractivity contribution < 1.29 is 9.15 Å². The molecule has 2 fully saturated rings. The molecule has 1 aliphatic heterocycles. The number of hydrogen-bond donors (Lipinski definition) is 0. The summed E-state index contributed by atoms with van der Waals surface area (Å²) >= 11 is 0. The quantitative estimate of drug-likeness (QED) is 0.172. The van der Waals surface area contributed by atoms with Crippen molar-refractivity contribution in [2.45, 2.75) is 92.9 Å². The van der Waals surface area contributed by atoms with Crippen molar-refractivity contribution in [3.63, 3.8) is 0 Å². The first kappa shape index (κ1) is 43.7. The maximum atomic E-state index is 7.35. The second-order valence-electron chi connectivity index (χ2n) is 23.7. The molecule has 11 aromatic rings. The lowest BCUT2D eigenvalue weighted by atomic mass is 9.64. The lowest BCUT2D eigenvalue weighted by Gasteiger charge is -2.40. The SMILES string of the molecule is c1ccc2c(c1)Oc1ccc3c(c1C21c2cc(C4CCCCC4)ccc2-c2ccc(C4CCCCC4)cc21)C3N(c1ccc2c(c1)C1(c3ccccc3-c3ccccc31)c1ccccc1-2)c1cccc2oc3ccccc3c12. The molecule has 6 aliphatic carbocycles. The van der Waals surface area contributed by atoms with E-state index >= 15 is 0 Å². The van der Waals surface area contributed by atoms with Crippen molar-refractivity contribution in [3.8, 4) is 44.9 Å². The number of ether oxygens (including phenoxy) is 1. The van der Waals surface area contributed by atoms with Crippen LogP contribution >= 0.6 is 0 Å². The Bertz CT molecular complexity index is 4240. The van der Waals surface area contributed by atoms with E-state index in [2.05, 4.69) is 211 Å². The normalized spacial score (nSPS) is 18.3. The minimum atomic E-state index is -0.606. The fourth-order valence-corrected chi connectivity index (χ4v) is 16.8. The Hall–Kier alpha value is -8.40. The molecule has 0 amide bonds. The Morgan fingerprint density at radius 1 is 0.385 bits per heavy atom. The van der Waals surface area contributed by atoms with Crippen molar-refractivity contribution in [2.24, 2.45) is 0 Å². The summed E-state index contributed by atoms with van der Waals surface area (Å²) in [4.78, 5) is 2.70. The number of furan rings is 1. The van der Waals surface area contributed by atoms with Crippen LogP contribution in [0.15, 0.2) is 211 Å². The maximum absolute atomic E-state index is 7.35. The van der Waals surface area contributed by atoms with Gasteiger partial charge in [0.15, 0.2) is 0 Å². The third-order valence-electron chi connectivity index (χ3n) is 20.1. The van der Waals surface area contributed by atoms with Crippen molar-refractivity contribution in [1.29, 1.82) is 0 Å². The Kier molecular flexibility index (Phi) is 9.01. The molecule has 1 aromatic heterocycles. The summed E-state index contributed by atoms with van der Waals surface area (Å²) in [5, 5.41) is 2.26. The van der Waals surface area contributed by atoms with Gasteiger partial charge in [-0.3, -0.25) is 0 Å². The molecule has 3 heteroatoms. The smallest absolute Gasteiger partial charge is 0.137 e. The maximum Gasteiger partial charge on any atom is 0.137 e. The van der Waals surface area contributed by atoms with Crippen LogP contribution in [-0.2, 0) is 10.8 Å². The fourth-order valence-electron chi connectivity index (χ4n) is 16.8. The zero-order chi connectivity index (χ0) is 50.8. The van der Waals surface area contributed by atoms with Gasteiger partial charge in [-0.05, 0) is 169 Å². The number of para-hydroxylation sites is 2. The van der Waals surface area contributed by atoms with Crippen LogP contribution in [0.4, 0.5) is 11.4 Å². The number of nitrogens with zero attached hydrogens (tertiary/aromatic N) is 1. The van der Waals surface area contributed by atoms with Crippen molar-refractivity contribution >= 4 is 33.3 Å². The number of anilines is 2. The molecule has 78 heavy (non-hydrogen) atoms. The predicted molar refractivity (Wildman–Crippen MR) is 316 cm³/mol. The molecule has 2 saturated carbocycles. The summed E-state index contributed by atoms with van der Waals surface area (Å²) in [5.74, 6) is 3.05. The van der Waals surface area contributed by atoms with Gasteiger partial charge in [-0.25, -0.2) is 0 Å². The van der Waals surface area contributed by atoms with Gasteiger partial charge in [-0.1, -0.05) is 202 Å². The van der Waals surface area contributed by atoms with Crippen LogP contribution in [0, 0.1) is 0 Å². The van der Waals surface area contributed by atoms with Crippen molar-refractivity contribution in [2.75, 3.05) is 4.90 Å². The molecule has 0 saturated heterocycles. The average molecular weight is 1000 g/mol. The molecular weight excluding hydrogens is 947 g/mol. The third kappa shape index (κ3) is 5.64. The van der Waals surface area contributed by atoms with Gasteiger partial charge in [0.2, 0.25) is 0 Å². The van der Waals surface area contributed by atoms with E-state index in [0.29, 0.717) is 11.8 Å². The summed E-state index contributed by atoms with van der Waals surface area (Å²) < 4.78 is 14.1. The highest BCUT2D eigenvalue weighted by Crippen LogP contribution is 2.70. The highest BCUT2D eigenvalue weighted by atomic mass is 16.5. The molecule has 374 valence electrons. The molecule has 2 spiro atoms. The Labute approximate surface area is 455 Å². The molecule has 10 aromatic carbocycles. The fraction of sp³-hybridized carbons (Fsp3) is 0.200. The van der Waals surface area contributed by atoms with Gasteiger partial charge < -0.3 is 14.1 Å². The molecular formula is C75H57NO2. The molecule has 3 nitrogen and oxygen atoms in total. The first-order chi connectivity index (χ1) is 38.7. The second-order valence-corrected chi connectivity index (χ2v) is 23.7. The molecule has 1 atom stereocenters. The van der Waals surface area contributed by atoms with Crippen molar-refractivity contribution in [3.05, 3.63) is 273 Å².